The van der Waals surface area contributed by atoms with Crippen LogP contribution in [0.3, 0.4) is 0 Å². The predicted molar refractivity (Wildman–Crippen MR) is 106 cm³/mol. The summed E-state index contributed by atoms with van der Waals surface area (Å²) in [6.45, 7) is 0. The van der Waals surface area contributed by atoms with Gasteiger partial charge in [0, 0.05) is 24.0 Å². The molecular formula is C20H22N4O4. The van der Waals surface area contributed by atoms with E-state index in [2.05, 4.69) is 21.1 Å². The Bertz CT molecular complexity index is 793. The maximum Gasteiger partial charge on any atom is 0.240 e. The van der Waals surface area contributed by atoms with E-state index in [4.69, 9.17) is 0 Å². The van der Waals surface area contributed by atoms with E-state index in [1.54, 1.807) is 36.4 Å². The first-order valence-electron chi connectivity index (χ1n) is 8.76. The van der Waals surface area contributed by atoms with Gasteiger partial charge >= 0.3 is 0 Å². The van der Waals surface area contributed by atoms with Gasteiger partial charge in [-0.2, -0.15) is 10.2 Å². The van der Waals surface area contributed by atoms with Crippen LogP contribution in [0.25, 0.3) is 0 Å². The van der Waals surface area contributed by atoms with Crippen molar-refractivity contribution in [3.63, 3.8) is 0 Å². The molecular weight excluding hydrogens is 360 g/mol. The molecule has 0 bridgehead atoms. The van der Waals surface area contributed by atoms with Crippen molar-refractivity contribution in [1.29, 1.82) is 0 Å². The minimum absolute atomic E-state index is 0.0802. The maximum absolute atomic E-state index is 11.7. The molecule has 0 unspecified atom stereocenters. The van der Waals surface area contributed by atoms with E-state index in [-0.39, 0.29) is 36.2 Å². The number of carbonyl (C=O) groups is 2. The average Bonchev–Trinajstić information content (AvgIpc) is 2.68. The number of phenols is 2. The Morgan fingerprint density at radius 2 is 1.14 bits per heavy atom. The fourth-order valence-corrected chi connectivity index (χ4v) is 2.22. The smallest absolute Gasteiger partial charge is 0.240 e. The Labute approximate surface area is 162 Å². The number of amides is 2. The number of para-hydroxylation sites is 2. The molecule has 0 heterocycles. The highest BCUT2D eigenvalue weighted by Crippen LogP contribution is 2.13. The lowest BCUT2D eigenvalue weighted by Gasteiger charge is -2.02. The summed E-state index contributed by atoms with van der Waals surface area (Å²) in [6.07, 6.45) is 4.23. The van der Waals surface area contributed by atoms with Crippen LogP contribution >= 0.6 is 0 Å². The molecule has 0 spiro atoms. The fraction of sp³-hybridized carbons (Fsp3) is 0.200. The van der Waals surface area contributed by atoms with Crippen molar-refractivity contribution in [3.05, 3.63) is 59.7 Å². The molecule has 0 aliphatic carbocycles. The van der Waals surface area contributed by atoms with E-state index < -0.39 is 0 Å². The molecule has 0 aliphatic heterocycles. The molecule has 146 valence electrons. The summed E-state index contributed by atoms with van der Waals surface area (Å²) in [5.74, 6) is -0.386. The second-order valence-corrected chi connectivity index (χ2v) is 5.91. The van der Waals surface area contributed by atoms with E-state index in [1.807, 2.05) is 0 Å². The lowest BCUT2D eigenvalue weighted by atomic mass is 10.2. The van der Waals surface area contributed by atoms with Crippen molar-refractivity contribution in [2.45, 2.75) is 25.7 Å². The van der Waals surface area contributed by atoms with Gasteiger partial charge < -0.3 is 10.2 Å². The molecule has 28 heavy (non-hydrogen) atoms. The van der Waals surface area contributed by atoms with Crippen molar-refractivity contribution in [2.75, 3.05) is 0 Å². The minimum atomic E-state index is -0.273. The third-order valence-electron chi connectivity index (χ3n) is 3.72. The molecule has 0 saturated carbocycles. The average molecular weight is 382 g/mol. The van der Waals surface area contributed by atoms with Crippen molar-refractivity contribution in [1.82, 2.24) is 10.9 Å². The van der Waals surface area contributed by atoms with Gasteiger partial charge in [-0.05, 0) is 37.1 Å². The molecule has 0 atom stereocenters. The summed E-state index contributed by atoms with van der Waals surface area (Å²) in [4.78, 5) is 23.4. The molecule has 2 aromatic rings. The number of carbonyl (C=O) groups excluding carboxylic acids is 2. The molecule has 0 aliphatic rings. The molecule has 2 rings (SSSR count). The second-order valence-electron chi connectivity index (χ2n) is 5.91. The van der Waals surface area contributed by atoms with Gasteiger partial charge in [0.1, 0.15) is 11.5 Å². The number of rotatable bonds is 9. The number of aromatic hydroxyl groups is 2. The summed E-state index contributed by atoms with van der Waals surface area (Å²) < 4.78 is 0. The highest BCUT2D eigenvalue weighted by atomic mass is 16.3. The van der Waals surface area contributed by atoms with E-state index in [0.717, 1.165) is 0 Å². The Morgan fingerprint density at radius 1 is 0.750 bits per heavy atom. The number of phenolic OH excluding ortho intramolecular Hbond substituents is 2. The van der Waals surface area contributed by atoms with Crippen molar-refractivity contribution in [2.24, 2.45) is 10.2 Å². The summed E-state index contributed by atoms with van der Waals surface area (Å²) in [7, 11) is 0. The third kappa shape index (κ3) is 7.28. The van der Waals surface area contributed by atoms with Crippen LogP contribution in [0.2, 0.25) is 0 Å². The molecule has 8 nitrogen and oxygen atoms in total. The van der Waals surface area contributed by atoms with Crippen LogP contribution in [-0.4, -0.2) is 34.5 Å². The molecule has 4 N–H and O–H groups in total. The molecule has 8 heteroatoms. The van der Waals surface area contributed by atoms with Gasteiger partial charge in [0.25, 0.3) is 0 Å². The van der Waals surface area contributed by atoms with Crippen LogP contribution in [-0.2, 0) is 9.59 Å². The van der Waals surface area contributed by atoms with Gasteiger partial charge in [-0.3, -0.25) is 9.59 Å². The van der Waals surface area contributed by atoms with Crippen molar-refractivity contribution in [3.8, 4) is 11.5 Å². The fourth-order valence-electron chi connectivity index (χ4n) is 2.22. The first kappa shape index (κ1) is 20.6. The Hall–Kier alpha value is -3.68. The van der Waals surface area contributed by atoms with Crippen LogP contribution in [0.4, 0.5) is 0 Å². The lowest BCUT2D eigenvalue weighted by Crippen LogP contribution is -2.19. The summed E-state index contributed by atoms with van der Waals surface area (Å²) in [5.41, 5.74) is 5.76. The number of hydrogen-bond acceptors (Lipinski definition) is 6. The minimum Gasteiger partial charge on any atom is -0.507 e. The van der Waals surface area contributed by atoms with Gasteiger partial charge in [-0.25, -0.2) is 10.9 Å². The lowest BCUT2D eigenvalue weighted by molar-refractivity contribution is -0.123. The van der Waals surface area contributed by atoms with E-state index in [9.17, 15) is 19.8 Å². The zero-order chi connectivity index (χ0) is 20.2. The van der Waals surface area contributed by atoms with Crippen LogP contribution in [0.5, 0.6) is 11.5 Å². The number of hydrazone groups is 2. The Balaban J connectivity index is 1.60. The van der Waals surface area contributed by atoms with Crippen LogP contribution in [0, 0.1) is 0 Å². The number of nitrogens with one attached hydrogen (secondary N) is 2. The second kappa shape index (κ2) is 11.1. The zero-order valence-electron chi connectivity index (χ0n) is 15.2. The van der Waals surface area contributed by atoms with E-state index >= 15 is 0 Å². The van der Waals surface area contributed by atoms with Gasteiger partial charge in [0.15, 0.2) is 0 Å². The van der Waals surface area contributed by atoms with Crippen LogP contribution in [0.15, 0.2) is 58.7 Å². The van der Waals surface area contributed by atoms with Crippen molar-refractivity contribution >= 4 is 24.2 Å². The number of nitrogens with zero attached hydrogens (tertiary/aromatic N) is 2. The largest absolute Gasteiger partial charge is 0.507 e. The number of benzene rings is 2. The molecule has 2 amide bonds. The maximum atomic E-state index is 11.7. The zero-order valence-corrected chi connectivity index (χ0v) is 15.2. The molecule has 2 aromatic carbocycles. The molecule has 0 saturated heterocycles. The SMILES string of the molecule is O=C(CCCCC(=O)N/N=C/c1ccccc1O)N/N=C/c1ccccc1O. The third-order valence-corrected chi connectivity index (χ3v) is 3.72. The first-order chi connectivity index (χ1) is 13.6. The summed E-state index contributed by atoms with van der Waals surface area (Å²) in [5, 5.41) is 26.7. The number of unbranched alkanes of at least 4 members (excludes halogenated alkanes) is 1. The molecule has 0 aromatic heterocycles. The monoisotopic (exact) mass is 382 g/mol. The highest BCUT2D eigenvalue weighted by Gasteiger charge is 2.03. The van der Waals surface area contributed by atoms with Crippen LogP contribution < -0.4 is 10.9 Å². The van der Waals surface area contributed by atoms with Gasteiger partial charge in [-0.15, -0.1) is 0 Å². The Morgan fingerprint density at radius 3 is 1.54 bits per heavy atom. The van der Waals surface area contributed by atoms with Gasteiger partial charge in [-0.1, -0.05) is 24.3 Å². The van der Waals surface area contributed by atoms with E-state index in [0.29, 0.717) is 24.0 Å². The first-order valence-corrected chi connectivity index (χ1v) is 8.76. The van der Waals surface area contributed by atoms with Gasteiger partial charge in [0.2, 0.25) is 11.8 Å². The Kier molecular flexibility index (Phi) is 8.19. The topological polar surface area (TPSA) is 123 Å². The number of hydrogen-bond donors (Lipinski definition) is 4. The van der Waals surface area contributed by atoms with E-state index in [1.165, 1.54) is 24.6 Å². The predicted octanol–water partition coefficient (Wildman–Crippen LogP) is 2.26. The normalized spacial score (nSPS) is 11.0. The summed E-state index contributed by atoms with van der Waals surface area (Å²) >= 11 is 0. The van der Waals surface area contributed by atoms with Gasteiger partial charge in [0.05, 0.1) is 12.4 Å². The highest BCUT2D eigenvalue weighted by molar-refractivity contribution is 5.85. The molecule has 0 radical (unpaired) electrons. The van der Waals surface area contributed by atoms with Crippen molar-refractivity contribution < 1.29 is 19.8 Å². The summed E-state index contributed by atoms with van der Waals surface area (Å²) in [6, 6.07) is 13.3. The molecule has 0 fully saturated rings. The van der Waals surface area contributed by atoms with Crippen LogP contribution in [0.1, 0.15) is 36.8 Å². The standard InChI is InChI=1S/C20H22N4O4/c25-17-9-3-1-7-15(17)13-21-23-19(27)11-5-6-12-20(28)24-22-14-16-8-2-4-10-18(16)26/h1-4,7-10,13-14,25-26H,5-6,11-12H2,(H,23,27)(H,24,28)/b21-13+,22-14+. The quantitative estimate of drug-likeness (QED) is 0.302.